The summed E-state index contributed by atoms with van der Waals surface area (Å²) in [5.41, 5.74) is 0. The second-order valence-corrected chi connectivity index (χ2v) is 7.39. The monoisotopic (exact) mass is 332 g/mol. The highest BCUT2D eigenvalue weighted by molar-refractivity contribution is 7.98. The summed E-state index contributed by atoms with van der Waals surface area (Å²) >= 11 is 3.38. The molecule has 6 nitrogen and oxygen atoms in total. The second-order valence-electron chi connectivity index (χ2n) is 5.42. The van der Waals surface area contributed by atoms with Crippen molar-refractivity contribution in [1.82, 2.24) is 29.9 Å². The predicted molar refractivity (Wildman–Crippen MR) is 86.0 cm³/mol. The average molecular weight is 332 g/mol. The van der Waals surface area contributed by atoms with Crippen molar-refractivity contribution in [3.8, 4) is 0 Å². The van der Waals surface area contributed by atoms with Crippen LogP contribution in [0.15, 0.2) is 22.7 Å². The quantitative estimate of drug-likeness (QED) is 0.703. The molecule has 1 aliphatic rings. The van der Waals surface area contributed by atoms with Crippen molar-refractivity contribution in [2.45, 2.75) is 36.1 Å². The summed E-state index contributed by atoms with van der Waals surface area (Å²) in [4.78, 5) is 5.84. The van der Waals surface area contributed by atoms with Gasteiger partial charge < -0.3 is 4.57 Å². The summed E-state index contributed by atoms with van der Waals surface area (Å²) in [5, 5.41) is 18.9. The van der Waals surface area contributed by atoms with Gasteiger partial charge in [0.2, 0.25) is 0 Å². The number of hydrogen-bond donors (Lipinski definition) is 1. The second kappa shape index (κ2) is 5.85. The topological polar surface area (TPSA) is 72.3 Å². The molecular formula is C14H16N6S2. The molecule has 0 aromatic carbocycles. The molecule has 1 N–H and O–H groups in total. The number of rotatable bonds is 6. The summed E-state index contributed by atoms with van der Waals surface area (Å²) < 4.78 is 2.06. The maximum Gasteiger partial charge on any atom is 0.191 e. The minimum Gasteiger partial charge on any atom is -0.309 e. The van der Waals surface area contributed by atoms with E-state index in [0.29, 0.717) is 5.92 Å². The predicted octanol–water partition coefficient (Wildman–Crippen LogP) is 2.76. The SMILES string of the molecule is Cn1c(Cc2cccs2)nnc1SCc1nc(C2CC2)n[nH]1. The van der Waals surface area contributed by atoms with Crippen LogP contribution in [-0.4, -0.2) is 29.9 Å². The van der Waals surface area contributed by atoms with Gasteiger partial charge in [-0.05, 0) is 24.3 Å². The van der Waals surface area contributed by atoms with E-state index in [-0.39, 0.29) is 0 Å². The van der Waals surface area contributed by atoms with Crippen LogP contribution in [-0.2, 0) is 19.2 Å². The van der Waals surface area contributed by atoms with Crippen molar-refractivity contribution in [2.75, 3.05) is 0 Å². The highest BCUT2D eigenvalue weighted by Crippen LogP contribution is 2.38. The van der Waals surface area contributed by atoms with E-state index >= 15 is 0 Å². The first-order valence-electron chi connectivity index (χ1n) is 7.24. The molecule has 3 aromatic heterocycles. The highest BCUT2D eigenvalue weighted by Gasteiger charge is 2.27. The van der Waals surface area contributed by atoms with E-state index in [0.717, 1.165) is 34.8 Å². The molecule has 22 heavy (non-hydrogen) atoms. The van der Waals surface area contributed by atoms with Gasteiger partial charge in [0.25, 0.3) is 0 Å². The first-order chi connectivity index (χ1) is 10.8. The van der Waals surface area contributed by atoms with Crippen molar-refractivity contribution in [3.63, 3.8) is 0 Å². The Morgan fingerprint density at radius 1 is 1.41 bits per heavy atom. The van der Waals surface area contributed by atoms with E-state index in [9.17, 15) is 0 Å². The van der Waals surface area contributed by atoms with Crippen LogP contribution < -0.4 is 0 Å². The van der Waals surface area contributed by atoms with Gasteiger partial charge in [-0.1, -0.05) is 17.8 Å². The Labute approximate surface area is 136 Å². The van der Waals surface area contributed by atoms with Gasteiger partial charge in [-0.3, -0.25) is 5.10 Å². The molecule has 1 aliphatic carbocycles. The fourth-order valence-corrected chi connectivity index (χ4v) is 3.72. The van der Waals surface area contributed by atoms with Gasteiger partial charge in [0.15, 0.2) is 11.0 Å². The lowest BCUT2D eigenvalue weighted by molar-refractivity contribution is 0.750. The first kappa shape index (κ1) is 14.0. The Hall–Kier alpha value is -1.67. The van der Waals surface area contributed by atoms with Gasteiger partial charge in [-0.25, -0.2) is 4.98 Å². The molecular weight excluding hydrogens is 316 g/mol. The first-order valence-corrected chi connectivity index (χ1v) is 9.11. The molecule has 0 aliphatic heterocycles. The fourth-order valence-electron chi connectivity index (χ4n) is 2.23. The fraction of sp³-hybridized carbons (Fsp3) is 0.429. The number of aromatic nitrogens is 6. The zero-order valence-electron chi connectivity index (χ0n) is 12.2. The number of thioether (sulfide) groups is 1. The summed E-state index contributed by atoms with van der Waals surface area (Å²) in [6.45, 7) is 0. The van der Waals surface area contributed by atoms with Crippen LogP contribution in [0, 0.1) is 0 Å². The molecule has 4 rings (SSSR count). The highest BCUT2D eigenvalue weighted by atomic mass is 32.2. The van der Waals surface area contributed by atoms with Gasteiger partial charge in [0, 0.05) is 24.3 Å². The molecule has 8 heteroatoms. The number of aromatic amines is 1. The van der Waals surface area contributed by atoms with Crippen LogP contribution in [0.5, 0.6) is 0 Å². The molecule has 0 spiro atoms. The lowest BCUT2D eigenvalue weighted by Gasteiger charge is -2.01. The van der Waals surface area contributed by atoms with Crippen molar-refractivity contribution in [2.24, 2.45) is 7.05 Å². The summed E-state index contributed by atoms with van der Waals surface area (Å²) in [6, 6.07) is 4.19. The molecule has 1 fully saturated rings. The molecule has 3 aromatic rings. The molecule has 0 unspecified atom stereocenters. The Morgan fingerprint density at radius 2 is 2.32 bits per heavy atom. The number of thiophene rings is 1. The Bertz CT molecular complexity index is 756. The van der Waals surface area contributed by atoms with Gasteiger partial charge in [-0.2, -0.15) is 5.10 Å². The van der Waals surface area contributed by atoms with Gasteiger partial charge in [0.1, 0.15) is 11.6 Å². The number of H-pyrrole nitrogens is 1. The molecule has 114 valence electrons. The average Bonchev–Trinajstić information content (AvgIpc) is 2.93. The zero-order valence-corrected chi connectivity index (χ0v) is 13.8. The Balaban J connectivity index is 1.40. The third-order valence-corrected chi connectivity index (χ3v) is 5.57. The maximum atomic E-state index is 4.54. The van der Waals surface area contributed by atoms with E-state index < -0.39 is 0 Å². The lowest BCUT2D eigenvalue weighted by Crippen LogP contribution is -1.99. The van der Waals surface area contributed by atoms with Crippen LogP contribution in [0.3, 0.4) is 0 Å². The normalized spacial score (nSPS) is 14.6. The maximum absolute atomic E-state index is 4.54. The van der Waals surface area contributed by atoms with E-state index in [1.165, 1.54) is 17.7 Å². The van der Waals surface area contributed by atoms with Crippen molar-refractivity contribution >= 4 is 23.1 Å². The summed E-state index contributed by atoms with van der Waals surface area (Å²) in [6.07, 6.45) is 3.27. The Morgan fingerprint density at radius 3 is 3.09 bits per heavy atom. The zero-order chi connectivity index (χ0) is 14.9. The van der Waals surface area contributed by atoms with Gasteiger partial charge in [-0.15, -0.1) is 21.5 Å². The van der Waals surface area contributed by atoms with Crippen LogP contribution in [0.1, 0.15) is 41.1 Å². The van der Waals surface area contributed by atoms with E-state index in [4.69, 9.17) is 0 Å². The van der Waals surface area contributed by atoms with Crippen LogP contribution in [0.2, 0.25) is 0 Å². The third-order valence-electron chi connectivity index (χ3n) is 3.67. The standard InChI is InChI=1S/C14H16N6S2/c1-20-12(7-10-3-2-6-21-10)17-19-14(20)22-8-11-15-13(18-16-11)9-4-5-9/h2-3,6,9H,4-5,7-8H2,1H3,(H,15,16,18). The third kappa shape index (κ3) is 2.93. The van der Waals surface area contributed by atoms with E-state index in [1.807, 2.05) is 7.05 Å². The van der Waals surface area contributed by atoms with E-state index in [1.54, 1.807) is 23.1 Å². The molecule has 1 saturated carbocycles. The number of nitrogens with zero attached hydrogens (tertiary/aromatic N) is 5. The summed E-state index contributed by atoms with van der Waals surface area (Å²) in [7, 11) is 2.02. The van der Waals surface area contributed by atoms with Gasteiger partial charge in [0.05, 0.1) is 5.75 Å². The van der Waals surface area contributed by atoms with Crippen LogP contribution >= 0.6 is 23.1 Å². The summed E-state index contributed by atoms with van der Waals surface area (Å²) in [5.74, 6) is 4.19. The molecule has 0 saturated heterocycles. The smallest absolute Gasteiger partial charge is 0.191 e. The molecule has 0 atom stereocenters. The van der Waals surface area contributed by atoms with E-state index in [2.05, 4.69) is 47.5 Å². The van der Waals surface area contributed by atoms with Crippen molar-refractivity contribution in [3.05, 3.63) is 39.9 Å². The number of nitrogens with one attached hydrogen (secondary N) is 1. The number of hydrogen-bond acceptors (Lipinski definition) is 6. The van der Waals surface area contributed by atoms with Crippen LogP contribution in [0.4, 0.5) is 0 Å². The van der Waals surface area contributed by atoms with Crippen molar-refractivity contribution in [1.29, 1.82) is 0 Å². The van der Waals surface area contributed by atoms with Gasteiger partial charge >= 0.3 is 0 Å². The van der Waals surface area contributed by atoms with Crippen molar-refractivity contribution < 1.29 is 0 Å². The molecule has 0 bridgehead atoms. The molecule has 0 amide bonds. The lowest BCUT2D eigenvalue weighted by atomic mass is 10.3. The Kier molecular flexibility index (Phi) is 3.71. The molecule has 3 heterocycles. The largest absolute Gasteiger partial charge is 0.309 e. The minimum absolute atomic E-state index is 0.585. The minimum atomic E-state index is 0.585. The molecule has 0 radical (unpaired) electrons. The van der Waals surface area contributed by atoms with Crippen LogP contribution in [0.25, 0.3) is 0 Å².